The van der Waals surface area contributed by atoms with E-state index in [0.29, 0.717) is 18.7 Å². The Hall–Kier alpha value is -1.88. The Balaban J connectivity index is 1.87. The van der Waals surface area contributed by atoms with Crippen molar-refractivity contribution in [1.82, 2.24) is 10.2 Å². The zero-order valence-corrected chi connectivity index (χ0v) is 14.8. The molecule has 132 valence electrons. The van der Waals surface area contributed by atoms with Crippen LogP contribution >= 0.6 is 0 Å². The van der Waals surface area contributed by atoms with Gasteiger partial charge in [0, 0.05) is 25.3 Å². The Kier molecular flexibility index (Phi) is 5.99. The van der Waals surface area contributed by atoms with Crippen LogP contribution in [0.2, 0.25) is 0 Å². The van der Waals surface area contributed by atoms with E-state index in [0.717, 1.165) is 12.8 Å². The van der Waals surface area contributed by atoms with E-state index in [-0.39, 0.29) is 36.3 Å². The third-order valence-corrected chi connectivity index (χ3v) is 4.54. The Morgan fingerprint density at radius 3 is 2.50 bits per heavy atom. The number of carbonyl (C=O) groups is 2. The number of aliphatic hydroxyl groups is 1. The zero-order valence-electron chi connectivity index (χ0n) is 14.8. The van der Waals surface area contributed by atoms with Gasteiger partial charge in [0.2, 0.25) is 5.91 Å². The number of hydrogen-bond donors (Lipinski definition) is 2. The lowest BCUT2D eigenvalue weighted by molar-refractivity contribution is -0.132. The number of likely N-dealkylation sites (tertiary alicyclic amines) is 1. The number of piperidine rings is 1. The molecule has 0 spiro atoms. The molecule has 1 fully saturated rings. The highest BCUT2D eigenvalue weighted by Crippen LogP contribution is 2.22. The van der Waals surface area contributed by atoms with Crippen molar-refractivity contribution in [1.29, 1.82) is 0 Å². The van der Waals surface area contributed by atoms with E-state index in [1.165, 1.54) is 5.56 Å². The van der Waals surface area contributed by atoms with Gasteiger partial charge >= 0.3 is 0 Å². The van der Waals surface area contributed by atoms with Crippen molar-refractivity contribution in [2.45, 2.75) is 39.0 Å². The first-order chi connectivity index (χ1) is 11.3. The topological polar surface area (TPSA) is 69.6 Å². The van der Waals surface area contributed by atoms with Crippen LogP contribution in [-0.2, 0) is 10.2 Å². The quantitative estimate of drug-likeness (QED) is 0.885. The minimum absolute atomic E-state index is 0.00198. The van der Waals surface area contributed by atoms with Gasteiger partial charge in [0.25, 0.3) is 5.91 Å². The molecule has 5 heteroatoms. The van der Waals surface area contributed by atoms with Gasteiger partial charge in [-0.3, -0.25) is 9.59 Å². The van der Waals surface area contributed by atoms with Gasteiger partial charge < -0.3 is 15.3 Å². The summed E-state index contributed by atoms with van der Waals surface area (Å²) in [6.45, 7) is 7.75. The van der Waals surface area contributed by atoms with E-state index in [2.05, 4.69) is 26.1 Å². The molecule has 1 aliphatic rings. The molecule has 1 unspecified atom stereocenters. The number of carbonyl (C=O) groups excluding carboxylic acids is 2. The number of aliphatic hydroxyl groups excluding tert-OH is 1. The molecule has 1 heterocycles. The number of hydrogen-bond acceptors (Lipinski definition) is 3. The summed E-state index contributed by atoms with van der Waals surface area (Å²) in [4.78, 5) is 26.1. The first-order valence-corrected chi connectivity index (χ1v) is 8.58. The summed E-state index contributed by atoms with van der Waals surface area (Å²) in [5, 5.41) is 11.9. The van der Waals surface area contributed by atoms with Gasteiger partial charge in [-0.1, -0.05) is 32.9 Å². The van der Waals surface area contributed by atoms with Crippen LogP contribution in [0.4, 0.5) is 0 Å². The highest BCUT2D eigenvalue weighted by molar-refractivity contribution is 5.96. The molecule has 0 aliphatic carbocycles. The minimum atomic E-state index is -0.237. The smallest absolute Gasteiger partial charge is 0.251 e. The molecule has 1 aliphatic heterocycles. The second-order valence-electron chi connectivity index (χ2n) is 7.54. The third kappa shape index (κ3) is 4.81. The average molecular weight is 332 g/mol. The number of rotatable bonds is 4. The fourth-order valence-electron chi connectivity index (χ4n) is 2.93. The normalized spacial score (nSPS) is 18.3. The SMILES string of the molecule is CC(C)(C)c1ccc(C(=O)NCC(=O)N2CCCC(CO)C2)cc1. The first-order valence-electron chi connectivity index (χ1n) is 8.58. The summed E-state index contributed by atoms with van der Waals surface area (Å²) in [6.07, 6.45) is 1.85. The molecule has 0 radical (unpaired) electrons. The molecule has 24 heavy (non-hydrogen) atoms. The second-order valence-corrected chi connectivity index (χ2v) is 7.54. The number of amides is 2. The monoisotopic (exact) mass is 332 g/mol. The molecule has 2 rings (SSSR count). The molecule has 0 bridgehead atoms. The highest BCUT2D eigenvalue weighted by Gasteiger charge is 2.23. The predicted octanol–water partition coefficient (Wildman–Crippen LogP) is 1.94. The van der Waals surface area contributed by atoms with E-state index in [1.54, 1.807) is 17.0 Å². The molecule has 1 aromatic carbocycles. The maximum atomic E-state index is 12.2. The lowest BCUT2D eigenvalue weighted by atomic mass is 9.87. The fraction of sp³-hybridized carbons (Fsp3) is 0.579. The molecule has 1 aromatic rings. The van der Waals surface area contributed by atoms with Crippen molar-refractivity contribution >= 4 is 11.8 Å². The van der Waals surface area contributed by atoms with Crippen molar-refractivity contribution in [3.63, 3.8) is 0 Å². The Bertz CT molecular complexity index is 575. The minimum Gasteiger partial charge on any atom is -0.396 e. The molecule has 2 N–H and O–H groups in total. The molecule has 2 amide bonds. The zero-order chi connectivity index (χ0) is 17.7. The largest absolute Gasteiger partial charge is 0.396 e. The van der Waals surface area contributed by atoms with Crippen molar-refractivity contribution in [2.75, 3.05) is 26.2 Å². The molecule has 1 saturated heterocycles. The predicted molar refractivity (Wildman–Crippen MR) is 93.9 cm³/mol. The van der Waals surface area contributed by atoms with Crippen molar-refractivity contribution < 1.29 is 14.7 Å². The van der Waals surface area contributed by atoms with Crippen LogP contribution in [0, 0.1) is 5.92 Å². The molecule has 1 atom stereocenters. The van der Waals surface area contributed by atoms with Crippen LogP contribution in [0.5, 0.6) is 0 Å². The van der Waals surface area contributed by atoms with Crippen LogP contribution in [0.25, 0.3) is 0 Å². The van der Waals surface area contributed by atoms with Crippen LogP contribution < -0.4 is 5.32 Å². The van der Waals surface area contributed by atoms with E-state index in [1.807, 2.05) is 12.1 Å². The number of nitrogens with one attached hydrogen (secondary N) is 1. The first kappa shape index (κ1) is 18.5. The highest BCUT2D eigenvalue weighted by atomic mass is 16.3. The second kappa shape index (κ2) is 7.79. The summed E-state index contributed by atoms with van der Waals surface area (Å²) >= 11 is 0. The van der Waals surface area contributed by atoms with Gasteiger partial charge in [-0.2, -0.15) is 0 Å². The fourth-order valence-corrected chi connectivity index (χ4v) is 2.93. The van der Waals surface area contributed by atoms with Crippen molar-refractivity contribution in [2.24, 2.45) is 5.92 Å². The molecule has 0 aromatic heterocycles. The van der Waals surface area contributed by atoms with Gasteiger partial charge in [0.15, 0.2) is 0 Å². The lowest BCUT2D eigenvalue weighted by Crippen LogP contribution is -2.45. The van der Waals surface area contributed by atoms with Gasteiger partial charge in [0.05, 0.1) is 6.54 Å². The summed E-state index contributed by atoms with van der Waals surface area (Å²) in [6, 6.07) is 7.49. The van der Waals surface area contributed by atoms with Crippen LogP contribution in [0.1, 0.15) is 49.5 Å². The summed E-state index contributed by atoms with van der Waals surface area (Å²) in [5.74, 6) is -0.171. The Labute approximate surface area is 144 Å². The van der Waals surface area contributed by atoms with E-state index in [4.69, 9.17) is 0 Å². The average Bonchev–Trinajstić information content (AvgIpc) is 2.58. The van der Waals surface area contributed by atoms with E-state index >= 15 is 0 Å². The summed E-state index contributed by atoms with van der Waals surface area (Å²) in [5.41, 5.74) is 1.77. The molecular formula is C19H28N2O3. The van der Waals surface area contributed by atoms with Crippen molar-refractivity contribution in [3.8, 4) is 0 Å². The Morgan fingerprint density at radius 1 is 1.25 bits per heavy atom. The van der Waals surface area contributed by atoms with Crippen LogP contribution in [0.15, 0.2) is 24.3 Å². The van der Waals surface area contributed by atoms with Gasteiger partial charge in [-0.15, -0.1) is 0 Å². The van der Waals surface area contributed by atoms with Crippen LogP contribution in [-0.4, -0.2) is 48.1 Å². The summed E-state index contributed by atoms with van der Waals surface area (Å²) < 4.78 is 0. The molecule has 0 saturated carbocycles. The standard InChI is InChI=1S/C19H28N2O3/c1-19(2,3)16-8-6-15(7-9-16)18(24)20-11-17(23)21-10-4-5-14(12-21)13-22/h6-9,14,22H,4-5,10-13H2,1-3H3,(H,20,24). The molecular weight excluding hydrogens is 304 g/mol. The lowest BCUT2D eigenvalue weighted by Gasteiger charge is -2.31. The third-order valence-electron chi connectivity index (χ3n) is 4.54. The van der Waals surface area contributed by atoms with E-state index in [9.17, 15) is 14.7 Å². The van der Waals surface area contributed by atoms with Crippen molar-refractivity contribution in [3.05, 3.63) is 35.4 Å². The summed E-state index contributed by atoms with van der Waals surface area (Å²) in [7, 11) is 0. The maximum absolute atomic E-state index is 12.2. The van der Waals surface area contributed by atoms with E-state index < -0.39 is 0 Å². The van der Waals surface area contributed by atoms with Gasteiger partial charge in [-0.05, 0) is 41.9 Å². The Morgan fingerprint density at radius 2 is 1.92 bits per heavy atom. The number of nitrogens with zero attached hydrogens (tertiary/aromatic N) is 1. The number of benzene rings is 1. The maximum Gasteiger partial charge on any atom is 0.251 e. The van der Waals surface area contributed by atoms with Gasteiger partial charge in [0.1, 0.15) is 0 Å². The van der Waals surface area contributed by atoms with Crippen LogP contribution in [0.3, 0.4) is 0 Å². The van der Waals surface area contributed by atoms with Gasteiger partial charge in [-0.25, -0.2) is 0 Å². The molecule has 5 nitrogen and oxygen atoms in total.